The second kappa shape index (κ2) is 9.60. The van der Waals surface area contributed by atoms with Crippen molar-refractivity contribution in [1.82, 2.24) is 19.7 Å². The summed E-state index contributed by atoms with van der Waals surface area (Å²) in [6.07, 6.45) is 5.17. The Kier molecular flexibility index (Phi) is 6.35. The molecule has 1 amide bonds. The van der Waals surface area contributed by atoms with E-state index in [0.29, 0.717) is 11.6 Å². The number of fused-ring (bicyclic) bond motifs is 1. The van der Waals surface area contributed by atoms with Gasteiger partial charge in [-0.25, -0.2) is 14.5 Å². The van der Waals surface area contributed by atoms with Crippen LogP contribution in [0.5, 0.6) is 0 Å². The summed E-state index contributed by atoms with van der Waals surface area (Å²) in [6, 6.07) is 15.2. The molecule has 0 saturated heterocycles. The third-order valence-corrected chi connectivity index (χ3v) is 7.07. The van der Waals surface area contributed by atoms with Crippen molar-refractivity contribution < 1.29 is 14.7 Å². The monoisotopic (exact) mass is 485 g/mol. The first kappa shape index (κ1) is 23.8. The number of anilines is 1. The highest BCUT2D eigenvalue weighted by Crippen LogP contribution is 2.33. The number of hydrogen-bond donors (Lipinski definition) is 2. The van der Waals surface area contributed by atoms with Crippen LogP contribution in [0.2, 0.25) is 0 Å². The molecule has 2 aromatic heterocycles. The van der Waals surface area contributed by atoms with Gasteiger partial charge < -0.3 is 10.1 Å². The third-order valence-electron chi connectivity index (χ3n) is 7.07. The van der Waals surface area contributed by atoms with Crippen molar-refractivity contribution in [2.75, 3.05) is 4.90 Å². The van der Waals surface area contributed by atoms with Crippen LogP contribution in [0.15, 0.2) is 54.7 Å². The Morgan fingerprint density at radius 2 is 1.75 bits per heavy atom. The number of amides is 1. The lowest BCUT2D eigenvalue weighted by atomic mass is 9.82. The van der Waals surface area contributed by atoms with Crippen molar-refractivity contribution in [2.45, 2.75) is 52.5 Å². The Hall–Kier alpha value is -3.94. The number of aromatic nitrogens is 4. The van der Waals surface area contributed by atoms with Gasteiger partial charge >= 0.3 is 5.97 Å². The van der Waals surface area contributed by atoms with E-state index < -0.39 is 5.97 Å². The maximum Gasteiger partial charge on any atom is 0.341 e. The zero-order chi connectivity index (χ0) is 25.4. The van der Waals surface area contributed by atoms with Gasteiger partial charge in [0.05, 0.1) is 16.7 Å². The average molecular weight is 486 g/mol. The summed E-state index contributed by atoms with van der Waals surface area (Å²) >= 11 is 0. The number of carbonyl (C=O) groups excluding carboxylic acids is 1. The van der Waals surface area contributed by atoms with Crippen LogP contribution in [0.4, 0.5) is 5.82 Å². The average Bonchev–Trinajstić information content (AvgIpc) is 3.49. The van der Waals surface area contributed by atoms with E-state index in [9.17, 15) is 14.7 Å². The fourth-order valence-corrected chi connectivity index (χ4v) is 4.99. The number of hydrogen-bond acceptors (Lipinski definition) is 4. The fraction of sp³-hybridized carbons (Fsp3) is 0.357. The lowest BCUT2D eigenvalue weighted by Crippen LogP contribution is -2.43. The molecule has 0 aliphatic heterocycles. The smallest absolute Gasteiger partial charge is 0.341 e. The number of nitrogens with one attached hydrogen (secondary N) is 1. The van der Waals surface area contributed by atoms with Crippen LogP contribution in [-0.4, -0.2) is 42.8 Å². The topological polar surface area (TPSA) is 104 Å². The largest absolute Gasteiger partial charge is 0.477 e. The highest BCUT2D eigenvalue weighted by molar-refractivity contribution is 6.01. The van der Waals surface area contributed by atoms with E-state index in [1.165, 1.54) is 10.9 Å². The summed E-state index contributed by atoms with van der Waals surface area (Å²) in [7, 11) is 0. The molecule has 2 aromatic carbocycles. The molecule has 2 N–H and O–H groups in total. The quantitative estimate of drug-likeness (QED) is 0.366. The highest BCUT2D eigenvalue weighted by Gasteiger charge is 2.34. The molecule has 2 heterocycles. The lowest BCUT2D eigenvalue weighted by Gasteiger charge is -2.32. The zero-order valence-electron chi connectivity index (χ0n) is 20.8. The molecule has 5 rings (SSSR count). The van der Waals surface area contributed by atoms with Gasteiger partial charge in [0.1, 0.15) is 11.4 Å². The van der Waals surface area contributed by atoms with E-state index in [-0.39, 0.29) is 29.2 Å². The Morgan fingerprint density at radius 3 is 2.39 bits per heavy atom. The van der Waals surface area contributed by atoms with Crippen LogP contribution in [0.3, 0.4) is 0 Å². The summed E-state index contributed by atoms with van der Waals surface area (Å²) in [4.78, 5) is 35.2. The van der Waals surface area contributed by atoms with Crippen molar-refractivity contribution in [3.05, 3.63) is 60.3 Å². The predicted molar refractivity (Wildman–Crippen MR) is 139 cm³/mol. The maximum absolute atomic E-state index is 13.5. The van der Waals surface area contributed by atoms with Gasteiger partial charge in [-0.2, -0.15) is 0 Å². The second-order valence-corrected chi connectivity index (χ2v) is 10.0. The Bertz CT molecular complexity index is 1360. The minimum Gasteiger partial charge on any atom is -0.477 e. The molecule has 8 nitrogen and oxygen atoms in total. The van der Waals surface area contributed by atoms with E-state index in [1.807, 2.05) is 62.4 Å². The molecule has 1 aliphatic carbocycles. The van der Waals surface area contributed by atoms with Crippen LogP contribution in [-0.2, 0) is 4.79 Å². The molecule has 186 valence electrons. The molecule has 1 saturated carbocycles. The van der Waals surface area contributed by atoms with Gasteiger partial charge in [-0.05, 0) is 81.8 Å². The summed E-state index contributed by atoms with van der Waals surface area (Å²) in [5, 5.41) is 14.6. The van der Waals surface area contributed by atoms with Gasteiger partial charge in [0.15, 0.2) is 5.82 Å². The molecule has 1 aliphatic rings. The van der Waals surface area contributed by atoms with E-state index >= 15 is 0 Å². The van der Waals surface area contributed by atoms with Crippen LogP contribution < -0.4 is 4.90 Å². The molecule has 0 radical (unpaired) electrons. The highest BCUT2D eigenvalue weighted by atomic mass is 16.4. The number of carboxylic acids is 1. The Labute approximate surface area is 210 Å². The number of benzene rings is 2. The van der Waals surface area contributed by atoms with E-state index in [2.05, 4.69) is 22.0 Å². The Balaban J connectivity index is 1.46. The van der Waals surface area contributed by atoms with Crippen LogP contribution in [0, 0.1) is 11.8 Å². The minimum atomic E-state index is -1.11. The molecule has 8 heteroatoms. The van der Waals surface area contributed by atoms with Crippen LogP contribution in [0.25, 0.3) is 28.1 Å². The lowest BCUT2D eigenvalue weighted by molar-refractivity contribution is -0.124. The molecule has 0 bridgehead atoms. The Morgan fingerprint density at radius 1 is 1.06 bits per heavy atom. The van der Waals surface area contributed by atoms with E-state index in [1.54, 1.807) is 4.90 Å². The summed E-state index contributed by atoms with van der Waals surface area (Å²) in [5.41, 5.74) is 3.48. The molecule has 1 fully saturated rings. The fourth-order valence-electron chi connectivity index (χ4n) is 4.99. The molecule has 0 spiro atoms. The zero-order valence-corrected chi connectivity index (χ0v) is 20.8. The van der Waals surface area contributed by atoms with Crippen LogP contribution >= 0.6 is 0 Å². The first-order chi connectivity index (χ1) is 17.3. The predicted octanol–water partition coefficient (Wildman–Crippen LogP) is 5.68. The summed E-state index contributed by atoms with van der Waals surface area (Å²) in [5.74, 6) is 0.336. The first-order valence-electron chi connectivity index (χ1n) is 12.5. The number of aromatic amines is 1. The van der Waals surface area contributed by atoms with Crippen molar-refractivity contribution in [3.63, 3.8) is 0 Å². The molecule has 0 unspecified atom stereocenters. The standard InChI is InChI=1S/C28H31N5O3/c1-17(2)33(27(34)20-10-8-18(3)9-11-20)26-22(28(35)36)16-32(31-26)21-14-12-19(13-15-21)25-29-23-6-4-5-7-24(23)30-25/h4-7,12-18,20H,8-11H2,1-3H3,(H,29,30)(H,35,36). The van der Waals surface area contributed by atoms with Crippen molar-refractivity contribution in [1.29, 1.82) is 0 Å². The van der Waals surface area contributed by atoms with Gasteiger partial charge in [0.2, 0.25) is 5.91 Å². The minimum absolute atomic E-state index is 0.0163. The number of para-hydroxylation sites is 2. The second-order valence-electron chi connectivity index (χ2n) is 10.0. The van der Waals surface area contributed by atoms with Gasteiger partial charge in [-0.15, -0.1) is 5.10 Å². The maximum atomic E-state index is 13.5. The van der Waals surface area contributed by atoms with Crippen molar-refractivity contribution in [2.24, 2.45) is 11.8 Å². The number of H-pyrrole nitrogens is 1. The van der Waals surface area contributed by atoms with Crippen molar-refractivity contribution in [3.8, 4) is 17.1 Å². The van der Waals surface area contributed by atoms with Gasteiger partial charge in [-0.3, -0.25) is 9.69 Å². The number of carboxylic acid groups (broad SMARTS) is 1. The molecule has 36 heavy (non-hydrogen) atoms. The third kappa shape index (κ3) is 4.51. The van der Waals surface area contributed by atoms with Crippen molar-refractivity contribution >= 4 is 28.7 Å². The molecular formula is C28H31N5O3. The summed E-state index contributed by atoms with van der Waals surface area (Å²) < 4.78 is 1.53. The first-order valence-corrected chi connectivity index (χ1v) is 12.5. The molecular weight excluding hydrogens is 454 g/mol. The van der Waals surface area contributed by atoms with E-state index in [4.69, 9.17) is 0 Å². The summed E-state index contributed by atoms with van der Waals surface area (Å²) in [6.45, 7) is 6.01. The van der Waals surface area contributed by atoms with E-state index in [0.717, 1.165) is 48.1 Å². The number of rotatable bonds is 6. The van der Waals surface area contributed by atoms with Gasteiger partial charge in [-0.1, -0.05) is 19.1 Å². The normalized spacial score (nSPS) is 18.0. The SMILES string of the molecule is CC1CCC(C(=O)N(c2nn(-c3ccc(-c4nc5ccccc5[nH]4)cc3)cc2C(=O)O)C(C)C)CC1. The molecule has 4 aromatic rings. The van der Waals surface area contributed by atoms with Gasteiger partial charge in [0.25, 0.3) is 0 Å². The van der Waals surface area contributed by atoms with Gasteiger partial charge in [0, 0.05) is 23.7 Å². The number of aromatic carboxylic acids is 1. The molecule has 0 atom stereocenters. The number of imidazole rings is 1. The number of carbonyl (C=O) groups is 2. The number of nitrogens with zero attached hydrogens (tertiary/aromatic N) is 4. The van der Waals surface area contributed by atoms with Crippen LogP contribution in [0.1, 0.15) is 56.8 Å².